The first-order valence-corrected chi connectivity index (χ1v) is 13.8. The van der Waals surface area contributed by atoms with Crippen molar-refractivity contribution in [1.29, 1.82) is 0 Å². The molecule has 0 bridgehead atoms. The van der Waals surface area contributed by atoms with Crippen LogP contribution in [0.4, 0.5) is 0 Å². The second-order valence-electron chi connectivity index (χ2n) is 10.4. The number of ether oxygens (including phenoxy) is 2. The molecule has 2 heterocycles. The van der Waals surface area contributed by atoms with Gasteiger partial charge in [-0.05, 0) is 32.4 Å². The minimum absolute atomic E-state index is 0.0456. The third-order valence-electron chi connectivity index (χ3n) is 6.97. The maximum Gasteiger partial charge on any atom is 0.336 e. The molecule has 0 aliphatic rings. The topological polar surface area (TPSA) is 82.0 Å². The van der Waals surface area contributed by atoms with Gasteiger partial charge in [0, 0.05) is 18.7 Å². The predicted octanol–water partition coefficient (Wildman–Crippen LogP) is 7.78. The second-order valence-corrected chi connectivity index (χ2v) is 10.4. The predicted molar refractivity (Wildman–Crippen MR) is 145 cm³/mol. The van der Waals surface area contributed by atoms with Crippen molar-refractivity contribution < 1.29 is 23.4 Å². The first-order chi connectivity index (χ1) is 17.4. The Labute approximate surface area is 215 Å². The van der Waals surface area contributed by atoms with E-state index in [1.54, 1.807) is 24.5 Å². The number of hydrogen-bond acceptors (Lipinski definition) is 6. The summed E-state index contributed by atoms with van der Waals surface area (Å²) in [6, 6.07) is 6.51. The Hall–Kier alpha value is -2.31. The lowest BCUT2D eigenvalue weighted by molar-refractivity contribution is -0.112. The van der Waals surface area contributed by atoms with Crippen molar-refractivity contribution in [2.75, 3.05) is 13.2 Å². The zero-order valence-electron chi connectivity index (χ0n) is 22.4. The van der Waals surface area contributed by atoms with E-state index in [-0.39, 0.29) is 6.61 Å². The summed E-state index contributed by atoms with van der Waals surface area (Å²) in [6.45, 7) is 6.70. The van der Waals surface area contributed by atoms with E-state index in [1.165, 1.54) is 70.3 Å². The number of aliphatic hydroxyl groups is 1. The molecule has 0 aliphatic heterocycles. The van der Waals surface area contributed by atoms with Gasteiger partial charge in [0.25, 0.3) is 0 Å². The Kier molecular flexibility index (Phi) is 11.3. The molecule has 3 aromatic rings. The maximum atomic E-state index is 11.6. The number of furan rings is 1. The Morgan fingerprint density at radius 1 is 0.861 bits per heavy atom. The van der Waals surface area contributed by atoms with Gasteiger partial charge in [-0.25, -0.2) is 4.79 Å². The molecule has 36 heavy (non-hydrogen) atoms. The van der Waals surface area contributed by atoms with Crippen molar-refractivity contribution >= 4 is 21.9 Å². The molecule has 1 aromatic carbocycles. The monoisotopic (exact) mass is 500 g/mol. The lowest BCUT2D eigenvalue weighted by Crippen LogP contribution is -2.43. The second kappa shape index (κ2) is 14.4. The Balaban J connectivity index is 1.36. The lowest BCUT2D eigenvalue weighted by atomic mass is 10.0. The van der Waals surface area contributed by atoms with Crippen LogP contribution in [0.3, 0.4) is 0 Å². The molecule has 0 saturated heterocycles. The van der Waals surface area contributed by atoms with Gasteiger partial charge in [-0.1, -0.05) is 77.6 Å². The number of fused-ring (bicyclic) bond motifs is 2. The Morgan fingerprint density at radius 2 is 1.47 bits per heavy atom. The minimum atomic E-state index is -0.831. The summed E-state index contributed by atoms with van der Waals surface area (Å²) >= 11 is 0. The standard InChI is InChI=1S/C30H44O6/c1-4-5-6-7-8-9-10-11-12-13-14-15-19-35-30(2,3)27(31)22-34-29-23-16-17-28(32)36-26(23)21-25-24(29)18-20-33-25/h16-18,20-21,27,31H,4-15,19,22H2,1-3H3/t27-/m0/s1. The third kappa shape index (κ3) is 8.38. The zero-order valence-corrected chi connectivity index (χ0v) is 22.4. The molecular formula is C30H44O6. The average molecular weight is 501 g/mol. The number of benzene rings is 1. The van der Waals surface area contributed by atoms with Crippen molar-refractivity contribution in [1.82, 2.24) is 0 Å². The molecule has 1 atom stereocenters. The van der Waals surface area contributed by atoms with Gasteiger partial charge in [0.1, 0.15) is 29.6 Å². The molecule has 0 saturated carbocycles. The summed E-state index contributed by atoms with van der Waals surface area (Å²) in [4.78, 5) is 11.6. The highest BCUT2D eigenvalue weighted by molar-refractivity contribution is 6.01. The Bertz CT molecular complexity index is 1100. The third-order valence-corrected chi connectivity index (χ3v) is 6.97. The van der Waals surface area contributed by atoms with Crippen LogP contribution in [0.25, 0.3) is 21.9 Å². The largest absolute Gasteiger partial charge is 0.489 e. The molecule has 6 nitrogen and oxygen atoms in total. The van der Waals surface area contributed by atoms with Crippen LogP contribution < -0.4 is 10.4 Å². The van der Waals surface area contributed by atoms with E-state index in [0.29, 0.717) is 28.9 Å². The van der Waals surface area contributed by atoms with Crippen LogP contribution in [0.5, 0.6) is 5.75 Å². The molecule has 0 aliphatic carbocycles. The van der Waals surface area contributed by atoms with E-state index in [9.17, 15) is 9.90 Å². The summed E-state index contributed by atoms with van der Waals surface area (Å²) in [5, 5.41) is 12.2. The number of unbranched alkanes of at least 4 members (excludes halogenated alkanes) is 11. The van der Waals surface area contributed by atoms with Gasteiger partial charge < -0.3 is 23.4 Å². The van der Waals surface area contributed by atoms with Gasteiger partial charge in [0.2, 0.25) is 0 Å². The molecule has 1 N–H and O–H groups in total. The van der Waals surface area contributed by atoms with E-state index in [2.05, 4.69) is 6.92 Å². The van der Waals surface area contributed by atoms with Gasteiger partial charge in [0.15, 0.2) is 0 Å². The molecule has 0 amide bonds. The molecule has 0 unspecified atom stereocenters. The van der Waals surface area contributed by atoms with Crippen molar-refractivity contribution in [3.05, 3.63) is 40.9 Å². The smallest absolute Gasteiger partial charge is 0.336 e. The van der Waals surface area contributed by atoms with Crippen LogP contribution in [0.15, 0.2) is 44.2 Å². The van der Waals surface area contributed by atoms with Gasteiger partial charge in [0.05, 0.1) is 22.6 Å². The first-order valence-electron chi connectivity index (χ1n) is 13.8. The van der Waals surface area contributed by atoms with E-state index >= 15 is 0 Å². The highest BCUT2D eigenvalue weighted by Gasteiger charge is 2.30. The number of aliphatic hydroxyl groups excluding tert-OH is 1. The van der Waals surface area contributed by atoms with Gasteiger partial charge in [-0.2, -0.15) is 0 Å². The van der Waals surface area contributed by atoms with Gasteiger partial charge >= 0.3 is 5.63 Å². The van der Waals surface area contributed by atoms with E-state index < -0.39 is 17.3 Å². The minimum Gasteiger partial charge on any atom is -0.489 e. The van der Waals surface area contributed by atoms with Crippen molar-refractivity contribution in [3.8, 4) is 5.75 Å². The van der Waals surface area contributed by atoms with Crippen LogP contribution in [0.2, 0.25) is 0 Å². The SMILES string of the molecule is CCCCCCCCCCCCCCOC(C)(C)[C@@H](O)COc1c2ccoc2cc2oc(=O)ccc12. The normalized spacial score (nSPS) is 13.0. The number of rotatable bonds is 18. The molecule has 0 radical (unpaired) electrons. The van der Waals surface area contributed by atoms with Gasteiger partial charge in [-0.15, -0.1) is 0 Å². The summed E-state index contributed by atoms with van der Waals surface area (Å²) in [5.74, 6) is 0.524. The molecule has 6 heteroatoms. The van der Waals surface area contributed by atoms with E-state index in [4.69, 9.17) is 18.3 Å². The summed E-state index contributed by atoms with van der Waals surface area (Å²) in [7, 11) is 0. The molecule has 2 aromatic heterocycles. The van der Waals surface area contributed by atoms with E-state index in [1.807, 2.05) is 13.8 Å². The quantitative estimate of drug-likeness (QED) is 0.142. The van der Waals surface area contributed by atoms with Crippen LogP contribution in [0, 0.1) is 0 Å². The van der Waals surface area contributed by atoms with Crippen LogP contribution in [-0.4, -0.2) is 30.0 Å². The summed E-state index contributed by atoms with van der Waals surface area (Å²) in [5.41, 5.74) is -0.239. The van der Waals surface area contributed by atoms with Crippen molar-refractivity contribution in [2.24, 2.45) is 0 Å². The average Bonchev–Trinajstić information content (AvgIpc) is 3.32. The molecule has 3 rings (SSSR count). The molecule has 200 valence electrons. The lowest BCUT2D eigenvalue weighted by Gasteiger charge is -2.31. The highest BCUT2D eigenvalue weighted by Crippen LogP contribution is 2.35. The van der Waals surface area contributed by atoms with Crippen molar-refractivity contribution in [3.63, 3.8) is 0 Å². The summed E-state index contributed by atoms with van der Waals surface area (Å²) < 4.78 is 22.9. The maximum absolute atomic E-state index is 11.6. The molecule has 0 spiro atoms. The van der Waals surface area contributed by atoms with Crippen molar-refractivity contribution in [2.45, 2.75) is 110 Å². The van der Waals surface area contributed by atoms with Crippen LogP contribution in [-0.2, 0) is 4.74 Å². The fourth-order valence-corrected chi connectivity index (χ4v) is 4.50. The zero-order chi connectivity index (χ0) is 25.8. The van der Waals surface area contributed by atoms with Crippen LogP contribution >= 0.6 is 0 Å². The fourth-order valence-electron chi connectivity index (χ4n) is 4.50. The fraction of sp³-hybridized carbons (Fsp3) is 0.633. The highest BCUT2D eigenvalue weighted by atomic mass is 16.5. The molecule has 0 fully saturated rings. The van der Waals surface area contributed by atoms with Gasteiger partial charge in [-0.3, -0.25) is 0 Å². The number of hydrogen-bond donors (Lipinski definition) is 1. The first kappa shape index (κ1) is 28.3. The van der Waals surface area contributed by atoms with Crippen LogP contribution in [0.1, 0.15) is 97.8 Å². The van der Waals surface area contributed by atoms with E-state index in [0.717, 1.165) is 18.2 Å². The molecular weight excluding hydrogens is 456 g/mol. The Morgan fingerprint density at radius 3 is 2.14 bits per heavy atom. The summed E-state index contributed by atoms with van der Waals surface area (Å²) in [6.07, 6.45) is 16.3.